The molecule has 17 nitrogen and oxygen atoms in total. The number of hydrogen-bond donors (Lipinski definition) is 3. The van der Waals surface area contributed by atoms with Crippen LogP contribution in [-0.2, 0) is 31.6 Å². The average Bonchev–Trinajstić information content (AvgIpc) is 2.78. The molecule has 1 aromatic heterocycles. The Bertz CT molecular complexity index is 997. The van der Waals surface area contributed by atoms with Crippen LogP contribution in [0.5, 0.6) is 0 Å². The Balaban J connectivity index is 2.06. The fraction of sp³-hybridized carbons (Fsp3) is 0.556. The number of aliphatic hydroxyl groups excluding tert-OH is 2. The van der Waals surface area contributed by atoms with Crippen molar-refractivity contribution in [3.8, 4) is 0 Å². The molecule has 1 saturated heterocycles. The third-order valence-electron chi connectivity index (χ3n) is 3.26. The summed E-state index contributed by atoms with van der Waals surface area (Å²) < 4.78 is 48.9. The van der Waals surface area contributed by atoms with Crippen molar-refractivity contribution < 1.29 is 61.4 Å². The minimum absolute atomic E-state index is 0.669. The van der Waals surface area contributed by atoms with Crippen molar-refractivity contribution in [2.45, 2.75) is 24.5 Å². The highest BCUT2D eigenvalue weighted by atomic mass is 31.3. The molecule has 3 N–H and O–H groups in total. The van der Waals surface area contributed by atoms with Crippen LogP contribution in [0.3, 0.4) is 0 Å². The van der Waals surface area contributed by atoms with Crippen molar-refractivity contribution in [1.29, 1.82) is 0 Å². The lowest BCUT2D eigenvalue weighted by atomic mass is 10.1. The molecule has 0 saturated carbocycles. The number of ether oxygens (including phenoxy) is 1. The maximum atomic E-state index is 11.7. The van der Waals surface area contributed by atoms with E-state index in [1.807, 2.05) is 4.98 Å². The summed E-state index contributed by atoms with van der Waals surface area (Å²) in [6.45, 7) is -1.17. The first-order valence-corrected chi connectivity index (χ1v) is 11.5. The number of aromatic amines is 1. The number of H-pyrrole nitrogens is 1. The Hall–Kier alpha value is -1.03. The fourth-order valence-corrected chi connectivity index (χ4v) is 5.04. The topological polar surface area (TPSA) is 276 Å². The van der Waals surface area contributed by atoms with E-state index in [0.29, 0.717) is 4.57 Å². The Labute approximate surface area is 159 Å². The number of rotatable bonds is 8. The molecule has 2 rings (SSSR count). The molecule has 6 atom stereocenters. The monoisotopic (exact) mass is 480 g/mol. The second-order valence-corrected chi connectivity index (χ2v) is 9.61. The molecule has 0 bridgehead atoms. The van der Waals surface area contributed by atoms with Gasteiger partial charge in [0.05, 0.1) is 14.4 Å². The van der Waals surface area contributed by atoms with Crippen LogP contribution in [-0.4, -0.2) is 44.7 Å². The first-order valence-electron chi connectivity index (χ1n) is 7.15. The molecule has 0 amide bonds. The van der Waals surface area contributed by atoms with Gasteiger partial charge in [-0.25, -0.2) is 9.11 Å². The summed E-state index contributed by atoms with van der Waals surface area (Å²) >= 11 is 0. The van der Waals surface area contributed by atoms with Crippen molar-refractivity contribution >= 4 is 23.5 Å². The van der Waals surface area contributed by atoms with Gasteiger partial charge in [0.25, 0.3) is 21.2 Å². The van der Waals surface area contributed by atoms with Crippen LogP contribution in [0, 0.1) is 0 Å². The number of phosphoric ester groups is 1. The summed E-state index contributed by atoms with van der Waals surface area (Å²) in [5.41, 5.74) is -1.80. The minimum atomic E-state index is -6.17. The Kier molecular flexibility index (Phi) is 7.20. The third kappa shape index (κ3) is 6.73. The number of phosphoric acid groups is 3. The standard InChI is InChI=1S/C9H15N2O15P3/c12-5-1-2-11(9(15)10-5)8-7(14)6(13)4(24-8)3-23-28(19,20)26-29(21,22)25-27(16,17)18/h1-2,4,6-8,13-14H,3H2,(H,19,20)(H,21,22)(H,10,12,15)(H2,16,17,18)/p-4/t4-,6?,7?,8-/m1/s1. The van der Waals surface area contributed by atoms with Gasteiger partial charge in [0.2, 0.25) is 0 Å². The molecular weight excluding hydrogens is 469 g/mol. The lowest BCUT2D eigenvalue weighted by Gasteiger charge is -2.37. The SMILES string of the molecule is O=c1ccn([C@@H]2O[C@H](COP(=O)([O-])OP(=O)([O-])OP(=O)([O-])[O-])C(O)C2O)c(=O)[nH]1. The minimum Gasteiger partial charge on any atom is -0.790 e. The molecule has 2 heterocycles. The summed E-state index contributed by atoms with van der Waals surface area (Å²) in [6.07, 6.45) is -5.98. The van der Waals surface area contributed by atoms with Crippen molar-refractivity contribution in [3.63, 3.8) is 0 Å². The van der Waals surface area contributed by atoms with Crippen molar-refractivity contribution in [2.75, 3.05) is 6.61 Å². The molecule has 0 aliphatic carbocycles. The first-order chi connectivity index (χ1) is 13.1. The Morgan fingerprint density at radius 3 is 2.24 bits per heavy atom. The Morgan fingerprint density at radius 1 is 1.07 bits per heavy atom. The molecule has 1 aliphatic rings. The fourth-order valence-electron chi connectivity index (χ4n) is 2.17. The normalized spacial score (nSPS) is 29.3. The zero-order chi connectivity index (χ0) is 22.2. The predicted octanol–water partition coefficient (Wildman–Crippen LogP) is -5.03. The van der Waals surface area contributed by atoms with Crippen LogP contribution in [0.15, 0.2) is 21.9 Å². The van der Waals surface area contributed by atoms with E-state index in [2.05, 4.69) is 13.1 Å². The van der Waals surface area contributed by atoms with Gasteiger partial charge >= 0.3 is 5.69 Å². The molecule has 0 radical (unpaired) electrons. The van der Waals surface area contributed by atoms with Crippen molar-refractivity contribution in [2.24, 2.45) is 0 Å². The van der Waals surface area contributed by atoms with E-state index in [4.69, 9.17) is 4.74 Å². The van der Waals surface area contributed by atoms with E-state index in [1.165, 1.54) is 0 Å². The van der Waals surface area contributed by atoms with E-state index in [0.717, 1.165) is 12.3 Å². The molecule has 29 heavy (non-hydrogen) atoms. The summed E-state index contributed by atoms with van der Waals surface area (Å²) in [6, 6.07) is 0.893. The van der Waals surface area contributed by atoms with Crippen LogP contribution in [0.25, 0.3) is 0 Å². The van der Waals surface area contributed by atoms with Crippen molar-refractivity contribution in [3.05, 3.63) is 33.1 Å². The highest BCUT2D eigenvalue weighted by Gasteiger charge is 2.44. The van der Waals surface area contributed by atoms with Gasteiger partial charge in [-0.15, -0.1) is 0 Å². The zero-order valence-corrected chi connectivity index (χ0v) is 16.3. The highest BCUT2D eigenvalue weighted by molar-refractivity contribution is 7.64. The van der Waals surface area contributed by atoms with Gasteiger partial charge in [-0.3, -0.25) is 27.8 Å². The van der Waals surface area contributed by atoms with E-state index in [-0.39, 0.29) is 0 Å². The molecule has 1 aromatic rings. The first kappa shape index (κ1) is 24.2. The highest BCUT2D eigenvalue weighted by Crippen LogP contribution is 2.60. The number of hydrogen-bond acceptors (Lipinski definition) is 15. The van der Waals surface area contributed by atoms with Gasteiger partial charge in [-0.05, 0) is 0 Å². The maximum Gasteiger partial charge on any atom is 0.330 e. The number of nitrogens with zero attached hydrogens (tertiary/aromatic N) is 1. The molecule has 1 aliphatic heterocycles. The van der Waals surface area contributed by atoms with E-state index >= 15 is 0 Å². The lowest BCUT2D eigenvalue weighted by Crippen LogP contribution is -2.37. The quantitative estimate of drug-likeness (QED) is 0.294. The third-order valence-corrected chi connectivity index (χ3v) is 6.92. The average molecular weight is 480 g/mol. The second-order valence-electron chi connectivity index (χ2n) is 5.36. The van der Waals surface area contributed by atoms with Crippen LogP contribution >= 0.6 is 23.5 Å². The lowest BCUT2D eigenvalue weighted by molar-refractivity contribution is -0.339. The zero-order valence-electron chi connectivity index (χ0n) is 13.7. The van der Waals surface area contributed by atoms with Crippen LogP contribution in [0.4, 0.5) is 0 Å². The van der Waals surface area contributed by atoms with E-state index in [9.17, 15) is 53.1 Å². The number of nitrogens with one attached hydrogen (secondary N) is 1. The molecule has 166 valence electrons. The van der Waals surface area contributed by atoms with Gasteiger partial charge in [0.1, 0.15) is 18.3 Å². The van der Waals surface area contributed by atoms with Crippen molar-refractivity contribution in [1.82, 2.24) is 9.55 Å². The molecule has 0 aromatic carbocycles. The predicted molar refractivity (Wildman–Crippen MR) is 78.2 cm³/mol. The van der Waals surface area contributed by atoms with E-state index in [1.54, 1.807) is 0 Å². The molecule has 20 heteroatoms. The molecule has 4 unspecified atom stereocenters. The maximum absolute atomic E-state index is 11.7. The van der Waals surface area contributed by atoms with Gasteiger partial charge < -0.3 is 43.6 Å². The van der Waals surface area contributed by atoms with E-state index < -0.39 is 65.9 Å². The summed E-state index contributed by atoms with van der Waals surface area (Å²) in [7, 11) is -18.2. The van der Waals surface area contributed by atoms with Gasteiger partial charge in [-0.2, -0.15) is 0 Å². The van der Waals surface area contributed by atoms with Crippen LogP contribution in [0.2, 0.25) is 0 Å². The summed E-state index contributed by atoms with van der Waals surface area (Å²) in [5, 5.41) is 19.8. The van der Waals surface area contributed by atoms with Gasteiger partial charge in [0, 0.05) is 12.3 Å². The molecule has 1 fully saturated rings. The number of aliphatic hydroxyl groups is 2. The largest absolute Gasteiger partial charge is 0.790 e. The van der Waals surface area contributed by atoms with Crippen LogP contribution in [0.1, 0.15) is 6.23 Å². The number of aromatic nitrogens is 2. The summed E-state index contributed by atoms with van der Waals surface area (Å²) in [4.78, 5) is 67.6. The second kappa shape index (κ2) is 8.61. The van der Waals surface area contributed by atoms with Gasteiger partial charge in [-0.1, -0.05) is 0 Å². The smallest absolute Gasteiger partial charge is 0.330 e. The molecule has 0 spiro atoms. The molecular formula is C9H11N2O15P3-4. The van der Waals surface area contributed by atoms with Gasteiger partial charge in [0.15, 0.2) is 6.23 Å². The summed E-state index contributed by atoms with van der Waals surface area (Å²) in [5.74, 6) is 0. The van der Waals surface area contributed by atoms with Crippen LogP contribution < -0.4 is 30.8 Å². The Morgan fingerprint density at radius 2 is 1.69 bits per heavy atom.